The van der Waals surface area contributed by atoms with Crippen LogP contribution in [0.15, 0.2) is 24.3 Å². The van der Waals surface area contributed by atoms with E-state index in [2.05, 4.69) is 15.5 Å². The predicted molar refractivity (Wildman–Crippen MR) is 89.8 cm³/mol. The molecule has 9 heteroatoms. The summed E-state index contributed by atoms with van der Waals surface area (Å²) < 4.78 is 40.9. The third-order valence-electron chi connectivity index (χ3n) is 4.88. The van der Waals surface area contributed by atoms with Crippen LogP contribution < -0.4 is 5.32 Å². The Balaban J connectivity index is 1.38. The summed E-state index contributed by atoms with van der Waals surface area (Å²) in [5, 5.41) is 9.72. The molecule has 1 amide bonds. The van der Waals surface area contributed by atoms with E-state index in [1.165, 1.54) is 6.07 Å². The summed E-state index contributed by atoms with van der Waals surface area (Å²) in [5.41, 5.74) is -0.123. The molecule has 2 atom stereocenters. The highest BCUT2D eigenvalue weighted by Crippen LogP contribution is 2.48. The summed E-state index contributed by atoms with van der Waals surface area (Å²) in [4.78, 5) is 12.3. The Kier molecular flexibility index (Phi) is 4.13. The second-order valence-electron chi connectivity index (χ2n) is 6.84. The SMILES string of the molecule is O=C(NCc1n[nH]c(=S)n1C1CC1)[C@H]1C[C@@H]1c1cccc(C(F)(F)F)c1. The molecule has 2 N–H and O–H groups in total. The van der Waals surface area contributed by atoms with Crippen LogP contribution in [-0.4, -0.2) is 20.7 Å². The van der Waals surface area contributed by atoms with Gasteiger partial charge in [0.2, 0.25) is 5.91 Å². The van der Waals surface area contributed by atoms with Crippen molar-refractivity contribution in [2.24, 2.45) is 5.92 Å². The third-order valence-corrected chi connectivity index (χ3v) is 5.17. The van der Waals surface area contributed by atoms with Gasteiger partial charge in [0.1, 0.15) is 0 Å². The van der Waals surface area contributed by atoms with Gasteiger partial charge in [-0.1, -0.05) is 18.2 Å². The van der Waals surface area contributed by atoms with Gasteiger partial charge in [-0.3, -0.25) is 14.5 Å². The number of carbonyl (C=O) groups excluding carboxylic acids is 1. The molecule has 0 bridgehead atoms. The molecule has 2 fully saturated rings. The van der Waals surface area contributed by atoms with Gasteiger partial charge < -0.3 is 5.32 Å². The maximum absolute atomic E-state index is 12.8. The average Bonchev–Trinajstić information content (AvgIpc) is 3.51. The summed E-state index contributed by atoms with van der Waals surface area (Å²) in [6.07, 6.45) is -1.71. The molecule has 26 heavy (non-hydrogen) atoms. The maximum Gasteiger partial charge on any atom is 0.416 e. The molecule has 1 heterocycles. The van der Waals surface area contributed by atoms with Crippen LogP contribution in [0.25, 0.3) is 0 Å². The van der Waals surface area contributed by atoms with E-state index in [0.717, 1.165) is 25.0 Å². The normalized spacial score (nSPS) is 22.3. The lowest BCUT2D eigenvalue weighted by Crippen LogP contribution is -2.26. The highest BCUT2D eigenvalue weighted by molar-refractivity contribution is 7.71. The van der Waals surface area contributed by atoms with Crippen LogP contribution in [-0.2, 0) is 17.5 Å². The molecule has 2 aliphatic rings. The zero-order valence-electron chi connectivity index (χ0n) is 13.7. The van der Waals surface area contributed by atoms with Crippen LogP contribution in [0.1, 0.15) is 48.2 Å². The van der Waals surface area contributed by atoms with E-state index in [4.69, 9.17) is 12.2 Å². The molecule has 1 aromatic heterocycles. The van der Waals surface area contributed by atoms with E-state index in [1.807, 2.05) is 4.57 Å². The largest absolute Gasteiger partial charge is 0.416 e. The minimum Gasteiger partial charge on any atom is -0.349 e. The number of aromatic amines is 1. The fourth-order valence-corrected chi connectivity index (χ4v) is 3.57. The Morgan fingerprint density at radius 3 is 2.85 bits per heavy atom. The zero-order chi connectivity index (χ0) is 18.5. The molecular weight excluding hydrogens is 365 g/mol. The van der Waals surface area contributed by atoms with Gasteiger partial charge in [0.15, 0.2) is 10.6 Å². The van der Waals surface area contributed by atoms with Crippen molar-refractivity contribution in [3.05, 3.63) is 46.0 Å². The molecule has 2 aromatic rings. The highest BCUT2D eigenvalue weighted by atomic mass is 32.1. The van der Waals surface area contributed by atoms with Crippen molar-refractivity contribution in [2.75, 3.05) is 0 Å². The first kappa shape index (κ1) is 17.3. The molecule has 4 rings (SSSR count). The monoisotopic (exact) mass is 382 g/mol. The number of rotatable bonds is 5. The Labute approximate surface area is 152 Å². The summed E-state index contributed by atoms with van der Waals surface area (Å²) >= 11 is 5.20. The molecule has 0 aliphatic heterocycles. The van der Waals surface area contributed by atoms with Gasteiger partial charge in [0, 0.05) is 12.0 Å². The van der Waals surface area contributed by atoms with E-state index < -0.39 is 11.7 Å². The molecule has 2 aliphatic carbocycles. The summed E-state index contributed by atoms with van der Waals surface area (Å²) in [5.74, 6) is 0.0575. The number of H-pyrrole nitrogens is 1. The van der Waals surface area contributed by atoms with Gasteiger partial charge >= 0.3 is 6.18 Å². The zero-order valence-corrected chi connectivity index (χ0v) is 14.5. The van der Waals surface area contributed by atoms with Crippen LogP contribution >= 0.6 is 12.2 Å². The van der Waals surface area contributed by atoms with Gasteiger partial charge in [0.05, 0.1) is 12.1 Å². The number of benzene rings is 1. The molecule has 138 valence electrons. The quantitative estimate of drug-likeness (QED) is 0.775. The van der Waals surface area contributed by atoms with E-state index in [9.17, 15) is 18.0 Å². The van der Waals surface area contributed by atoms with Crippen LogP contribution in [0.4, 0.5) is 13.2 Å². The summed E-state index contributed by atoms with van der Waals surface area (Å²) in [6.45, 7) is 0.258. The highest BCUT2D eigenvalue weighted by Gasteiger charge is 2.44. The third kappa shape index (κ3) is 3.40. The van der Waals surface area contributed by atoms with Crippen molar-refractivity contribution in [1.29, 1.82) is 0 Å². The van der Waals surface area contributed by atoms with Gasteiger partial charge in [-0.05, 0) is 49.0 Å². The Bertz CT molecular complexity index is 900. The lowest BCUT2D eigenvalue weighted by atomic mass is 10.1. The minimum absolute atomic E-state index is 0.163. The summed E-state index contributed by atoms with van der Waals surface area (Å²) in [6, 6.07) is 5.56. The number of alkyl halides is 3. The Morgan fingerprint density at radius 1 is 1.38 bits per heavy atom. The van der Waals surface area contributed by atoms with E-state index >= 15 is 0 Å². The van der Waals surface area contributed by atoms with Crippen molar-refractivity contribution in [3.8, 4) is 0 Å². The molecule has 5 nitrogen and oxygen atoms in total. The Hall–Kier alpha value is -2.16. The standard InChI is InChI=1S/C17H17F3N4OS/c18-17(19,20)10-3-1-2-9(6-10)12-7-13(12)15(25)21-8-14-22-23-16(26)24(14)11-4-5-11/h1-3,6,11-13H,4-5,7-8H2,(H,21,25)(H,23,26)/t12-,13+/m1/s1. The number of nitrogens with one attached hydrogen (secondary N) is 2. The van der Waals surface area contributed by atoms with E-state index in [1.54, 1.807) is 6.07 Å². The molecular formula is C17H17F3N4OS. The topological polar surface area (TPSA) is 62.7 Å². The molecule has 1 aromatic carbocycles. The second kappa shape index (κ2) is 6.22. The smallest absolute Gasteiger partial charge is 0.349 e. The van der Waals surface area contributed by atoms with E-state index in [-0.39, 0.29) is 24.3 Å². The first-order chi connectivity index (χ1) is 12.3. The Morgan fingerprint density at radius 2 is 2.15 bits per heavy atom. The van der Waals surface area contributed by atoms with Crippen molar-refractivity contribution in [2.45, 2.75) is 43.9 Å². The fraction of sp³-hybridized carbons (Fsp3) is 0.471. The molecule has 2 saturated carbocycles. The molecule has 0 saturated heterocycles. The van der Waals surface area contributed by atoms with Crippen LogP contribution in [0.2, 0.25) is 0 Å². The maximum atomic E-state index is 12.8. The van der Waals surface area contributed by atoms with Crippen molar-refractivity contribution in [3.63, 3.8) is 0 Å². The molecule has 0 unspecified atom stereocenters. The number of carbonyl (C=O) groups is 1. The predicted octanol–water partition coefficient (Wildman–Crippen LogP) is 3.71. The van der Waals surface area contributed by atoms with Crippen LogP contribution in [0, 0.1) is 10.7 Å². The lowest BCUT2D eigenvalue weighted by molar-refractivity contribution is -0.137. The lowest BCUT2D eigenvalue weighted by Gasteiger charge is -2.09. The summed E-state index contributed by atoms with van der Waals surface area (Å²) in [7, 11) is 0. The van der Waals surface area contributed by atoms with Crippen LogP contribution in [0.5, 0.6) is 0 Å². The van der Waals surface area contributed by atoms with Gasteiger partial charge in [-0.25, -0.2) is 0 Å². The van der Waals surface area contributed by atoms with E-state index in [0.29, 0.717) is 28.6 Å². The van der Waals surface area contributed by atoms with Gasteiger partial charge in [-0.2, -0.15) is 18.3 Å². The fourth-order valence-electron chi connectivity index (χ4n) is 3.27. The number of aromatic nitrogens is 3. The second-order valence-corrected chi connectivity index (χ2v) is 7.22. The van der Waals surface area contributed by atoms with Crippen molar-refractivity contribution < 1.29 is 18.0 Å². The first-order valence-corrected chi connectivity index (χ1v) is 8.86. The average molecular weight is 382 g/mol. The number of halogens is 3. The molecule has 0 spiro atoms. The number of hydrogen-bond acceptors (Lipinski definition) is 3. The molecule has 0 radical (unpaired) electrons. The first-order valence-electron chi connectivity index (χ1n) is 8.45. The number of hydrogen-bond donors (Lipinski definition) is 2. The van der Waals surface area contributed by atoms with Crippen molar-refractivity contribution in [1.82, 2.24) is 20.1 Å². The van der Waals surface area contributed by atoms with Gasteiger partial charge in [-0.15, -0.1) is 0 Å². The van der Waals surface area contributed by atoms with Crippen molar-refractivity contribution >= 4 is 18.1 Å². The van der Waals surface area contributed by atoms with Crippen LogP contribution in [0.3, 0.4) is 0 Å². The number of nitrogens with zero attached hydrogens (tertiary/aromatic N) is 2. The minimum atomic E-state index is -4.37. The number of amides is 1. The van der Waals surface area contributed by atoms with Gasteiger partial charge in [0.25, 0.3) is 0 Å².